The van der Waals surface area contributed by atoms with Crippen LogP contribution in [-0.4, -0.2) is 24.6 Å². The van der Waals surface area contributed by atoms with Crippen LogP contribution < -0.4 is 9.47 Å². The number of hydrogen-bond acceptors (Lipinski definition) is 5. The molecular weight excluding hydrogens is 620 g/mol. The van der Waals surface area contributed by atoms with E-state index in [2.05, 4.69) is 20.8 Å². The van der Waals surface area contributed by atoms with Gasteiger partial charge in [0.2, 0.25) is 0 Å². The van der Waals surface area contributed by atoms with E-state index in [4.69, 9.17) is 14.2 Å². The van der Waals surface area contributed by atoms with Crippen LogP contribution in [0.2, 0.25) is 0 Å². The Labute approximate surface area is 303 Å². The molecule has 0 saturated carbocycles. The second kappa shape index (κ2) is 25.4. The number of benzene rings is 3. The molecule has 0 aromatic heterocycles. The van der Waals surface area contributed by atoms with Gasteiger partial charge in [0.15, 0.2) is 0 Å². The smallest absolute Gasteiger partial charge is 0.343 e. The SMILES string of the molecule is CCCCCCCCCCCCOc1ccc(-c2ccc(C(=O)Oc3ccc(C(=O)O[C@H](CC)CCCCCCCCCC)cc3)cc2)cc1. The summed E-state index contributed by atoms with van der Waals surface area (Å²) in [4.78, 5) is 25.6. The first-order valence-corrected chi connectivity index (χ1v) is 19.9. The van der Waals surface area contributed by atoms with Gasteiger partial charge in [0.05, 0.1) is 17.7 Å². The highest BCUT2D eigenvalue weighted by Gasteiger charge is 2.15. The van der Waals surface area contributed by atoms with Crippen molar-refractivity contribution in [1.82, 2.24) is 0 Å². The lowest BCUT2D eigenvalue weighted by molar-refractivity contribution is 0.0267. The lowest BCUT2D eigenvalue weighted by Crippen LogP contribution is -2.17. The first-order valence-electron chi connectivity index (χ1n) is 19.9. The van der Waals surface area contributed by atoms with Gasteiger partial charge in [-0.3, -0.25) is 0 Å². The van der Waals surface area contributed by atoms with Crippen molar-refractivity contribution in [3.63, 3.8) is 0 Å². The fraction of sp³-hybridized carbons (Fsp3) is 0.556. The Balaban J connectivity index is 1.35. The Bertz CT molecular complexity index is 1310. The summed E-state index contributed by atoms with van der Waals surface area (Å²) in [5.74, 6) is 0.487. The quantitative estimate of drug-likeness (QED) is 0.0454. The highest BCUT2D eigenvalue weighted by Crippen LogP contribution is 2.24. The third-order valence-electron chi connectivity index (χ3n) is 9.48. The minimum atomic E-state index is -0.445. The maximum atomic E-state index is 12.8. The van der Waals surface area contributed by atoms with Crippen LogP contribution in [0.3, 0.4) is 0 Å². The topological polar surface area (TPSA) is 61.8 Å². The zero-order valence-corrected chi connectivity index (χ0v) is 31.4. The molecule has 3 aromatic rings. The summed E-state index contributed by atoms with van der Waals surface area (Å²) in [6, 6.07) is 22.1. The van der Waals surface area contributed by atoms with E-state index in [-0.39, 0.29) is 12.1 Å². The number of rotatable bonds is 27. The molecule has 0 fully saturated rings. The Kier molecular flexibility index (Phi) is 20.7. The molecule has 0 N–H and O–H groups in total. The van der Waals surface area contributed by atoms with Gasteiger partial charge in [-0.05, 0) is 85.3 Å². The summed E-state index contributed by atoms with van der Waals surface area (Å²) < 4.78 is 17.3. The zero-order chi connectivity index (χ0) is 35.7. The molecule has 0 heterocycles. The van der Waals surface area contributed by atoms with Gasteiger partial charge in [-0.1, -0.05) is 148 Å². The van der Waals surface area contributed by atoms with Crippen LogP contribution in [-0.2, 0) is 4.74 Å². The summed E-state index contributed by atoms with van der Waals surface area (Å²) >= 11 is 0. The average Bonchev–Trinajstić information content (AvgIpc) is 3.15. The van der Waals surface area contributed by atoms with Crippen LogP contribution in [0.4, 0.5) is 0 Å². The summed E-state index contributed by atoms with van der Waals surface area (Å²) in [6.45, 7) is 7.31. The highest BCUT2D eigenvalue weighted by atomic mass is 16.5. The molecule has 3 aromatic carbocycles. The van der Waals surface area contributed by atoms with Crippen LogP contribution in [0.5, 0.6) is 11.5 Å². The molecule has 3 rings (SSSR count). The number of esters is 2. The third-order valence-corrected chi connectivity index (χ3v) is 9.48. The van der Waals surface area contributed by atoms with Crippen molar-refractivity contribution in [2.45, 2.75) is 155 Å². The standard InChI is InChI=1S/C45H64O5/c1-4-7-9-11-13-15-16-18-20-22-36-48-42-32-28-38(29-33-42)37-24-26-39(27-25-37)45(47)50-43-34-30-40(31-35-43)44(46)49-41(6-3)23-21-19-17-14-12-10-8-5-2/h24-35,41H,4-23,36H2,1-3H3/t41-/m1/s1. The predicted molar refractivity (Wildman–Crippen MR) is 207 cm³/mol. The van der Waals surface area contributed by atoms with Crippen molar-refractivity contribution in [2.75, 3.05) is 6.61 Å². The molecule has 5 nitrogen and oxygen atoms in total. The lowest BCUT2D eigenvalue weighted by atomic mass is 10.0. The van der Waals surface area contributed by atoms with E-state index in [0.29, 0.717) is 16.9 Å². The van der Waals surface area contributed by atoms with Gasteiger partial charge >= 0.3 is 11.9 Å². The van der Waals surface area contributed by atoms with Crippen molar-refractivity contribution in [2.24, 2.45) is 0 Å². The van der Waals surface area contributed by atoms with Crippen molar-refractivity contribution < 1.29 is 23.8 Å². The van der Waals surface area contributed by atoms with E-state index >= 15 is 0 Å². The lowest BCUT2D eigenvalue weighted by Gasteiger charge is -2.16. The second-order valence-corrected chi connectivity index (χ2v) is 13.7. The monoisotopic (exact) mass is 684 g/mol. The highest BCUT2D eigenvalue weighted by molar-refractivity contribution is 5.92. The van der Waals surface area contributed by atoms with E-state index in [9.17, 15) is 9.59 Å². The average molecular weight is 685 g/mol. The van der Waals surface area contributed by atoms with Crippen LogP contribution >= 0.6 is 0 Å². The third kappa shape index (κ3) is 16.4. The van der Waals surface area contributed by atoms with Crippen LogP contribution in [0, 0.1) is 0 Å². The van der Waals surface area contributed by atoms with Crippen molar-refractivity contribution >= 4 is 11.9 Å². The van der Waals surface area contributed by atoms with Crippen molar-refractivity contribution in [1.29, 1.82) is 0 Å². The number of carbonyl (C=O) groups excluding carboxylic acids is 2. The molecule has 0 saturated heterocycles. The molecule has 0 bridgehead atoms. The Morgan fingerprint density at radius 2 is 0.900 bits per heavy atom. The molecule has 0 aliphatic carbocycles. The molecule has 50 heavy (non-hydrogen) atoms. The van der Waals surface area contributed by atoms with E-state index in [1.807, 2.05) is 36.4 Å². The Hall–Kier alpha value is -3.60. The van der Waals surface area contributed by atoms with Gasteiger partial charge < -0.3 is 14.2 Å². The van der Waals surface area contributed by atoms with Crippen LogP contribution in [0.25, 0.3) is 11.1 Å². The van der Waals surface area contributed by atoms with Crippen molar-refractivity contribution in [3.05, 3.63) is 83.9 Å². The Morgan fingerprint density at radius 3 is 1.42 bits per heavy atom. The molecule has 0 aliphatic heterocycles. The van der Waals surface area contributed by atoms with E-state index in [1.54, 1.807) is 36.4 Å². The summed E-state index contributed by atoms with van der Waals surface area (Å²) in [7, 11) is 0. The zero-order valence-electron chi connectivity index (χ0n) is 31.4. The van der Waals surface area contributed by atoms with Gasteiger partial charge in [-0.2, -0.15) is 0 Å². The molecule has 0 aliphatic rings. The number of carbonyl (C=O) groups is 2. The van der Waals surface area contributed by atoms with Gasteiger partial charge in [-0.15, -0.1) is 0 Å². The minimum Gasteiger partial charge on any atom is -0.494 e. The maximum Gasteiger partial charge on any atom is 0.343 e. The minimum absolute atomic E-state index is 0.0754. The van der Waals surface area contributed by atoms with Gasteiger partial charge in [0.25, 0.3) is 0 Å². The molecular formula is C45H64O5. The van der Waals surface area contributed by atoms with E-state index < -0.39 is 5.97 Å². The van der Waals surface area contributed by atoms with Crippen molar-refractivity contribution in [3.8, 4) is 22.6 Å². The van der Waals surface area contributed by atoms with Gasteiger partial charge in [0, 0.05) is 0 Å². The van der Waals surface area contributed by atoms with E-state index in [1.165, 1.54) is 103 Å². The fourth-order valence-corrected chi connectivity index (χ4v) is 6.22. The summed E-state index contributed by atoms with van der Waals surface area (Å²) in [5.41, 5.74) is 2.99. The van der Waals surface area contributed by atoms with Crippen LogP contribution in [0.1, 0.15) is 170 Å². The summed E-state index contributed by atoms with van der Waals surface area (Å²) in [6.07, 6.45) is 24.8. The second-order valence-electron chi connectivity index (χ2n) is 13.7. The molecule has 1 atom stereocenters. The molecule has 0 unspecified atom stereocenters. The number of ether oxygens (including phenoxy) is 3. The predicted octanol–water partition coefficient (Wildman–Crippen LogP) is 13.3. The Morgan fingerprint density at radius 1 is 0.480 bits per heavy atom. The van der Waals surface area contributed by atoms with Gasteiger partial charge in [0.1, 0.15) is 17.6 Å². The summed E-state index contributed by atoms with van der Waals surface area (Å²) in [5, 5.41) is 0. The maximum absolute atomic E-state index is 12.8. The van der Waals surface area contributed by atoms with Gasteiger partial charge in [-0.25, -0.2) is 9.59 Å². The van der Waals surface area contributed by atoms with Crippen LogP contribution in [0.15, 0.2) is 72.8 Å². The molecule has 0 amide bonds. The largest absolute Gasteiger partial charge is 0.494 e. The number of unbranched alkanes of at least 4 members (excludes halogenated alkanes) is 16. The molecule has 0 spiro atoms. The normalized spacial score (nSPS) is 11.7. The number of hydrogen-bond donors (Lipinski definition) is 0. The molecule has 274 valence electrons. The molecule has 5 heteroatoms. The first-order chi connectivity index (χ1) is 24.5. The molecule has 0 radical (unpaired) electrons. The fourth-order valence-electron chi connectivity index (χ4n) is 6.22. The first kappa shape index (κ1) is 40.8. The van der Waals surface area contributed by atoms with E-state index in [0.717, 1.165) is 49.2 Å².